The van der Waals surface area contributed by atoms with Gasteiger partial charge in [0.1, 0.15) is 5.75 Å². The second kappa shape index (κ2) is 6.41. The van der Waals surface area contributed by atoms with Gasteiger partial charge in [-0.25, -0.2) is 0 Å². The first-order valence-electron chi connectivity index (χ1n) is 6.32. The maximum absolute atomic E-state index is 12.3. The van der Waals surface area contributed by atoms with E-state index < -0.39 is 0 Å². The molecule has 0 aliphatic rings. The van der Waals surface area contributed by atoms with Gasteiger partial charge in [0.2, 0.25) is 0 Å². The SMILES string of the molecule is CC(C)C(NC(=O)c1cc(Br)ccc1O)c1cccs1. The van der Waals surface area contributed by atoms with Crippen LogP contribution in [-0.2, 0) is 0 Å². The zero-order valence-corrected chi connectivity index (χ0v) is 13.7. The van der Waals surface area contributed by atoms with E-state index in [2.05, 4.69) is 35.1 Å². The van der Waals surface area contributed by atoms with Crippen molar-refractivity contribution in [3.63, 3.8) is 0 Å². The summed E-state index contributed by atoms with van der Waals surface area (Å²) in [6, 6.07) is 8.76. The summed E-state index contributed by atoms with van der Waals surface area (Å²) in [5.41, 5.74) is 0.279. The van der Waals surface area contributed by atoms with Crippen molar-refractivity contribution in [2.45, 2.75) is 19.9 Å². The fraction of sp³-hybridized carbons (Fsp3) is 0.267. The van der Waals surface area contributed by atoms with Crippen LogP contribution in [0.3, 0.4) is 0 Å². The summed E-state index contributed by atoms with van der Waals surface area (Å²) in [7, 11) is 0. The third-order valence-corrected chi connectivity index (χ3v) is 4.45. The van der Waals surface area contributed by atoms with Crippen molar-refractivity contribution in [2.24, 2.45) is 5.92 Å². The highest BCUT2D eigenvalue weighted by molar-refractivity contribution is 9.10. The Morgan fingerprint density at radius 1 is 1.35 bits per heavy atom. The van der Waals surface area contributed by atoms with Gasteiger partial charge in [-0.15, -0.1) is 11.3 Å². The summed E-state index contributed by atoms with van der Waals surface area (Å²) in [5.74, 6) is -0.0119. The van der Waals surface area contributed by atoms with E-state index in [1.165, 1.54) is 6.07 Å². The maximum atomic E-state index is 12.3. The molecule has 0 fully saturated rings. The highest BCUT2D eigenvalue weighted by Crippen LogP contribution is 2.28. The quantitative estimate of drug-likeness (QED) is 0.858. The lowest BCUT2D eigenvalue weighted by molar-refractivity contribution is 0.0924. The van der Waals surface area contributed by atoms with Crippen LogP contribution in [0.25, 0.3) is 0 Å². The van der Waals surface area contributed by atoms with E-state index in [1.54, 1.807) is 23.5 Å². The maximum Gasteiger partial charge on any atom is 0.255 e. The molecule has 0 aliphatic heterocycles. The van der Waals surface area contributed by atoms with Crippen LogP contribution in [0.1, 0.15) is 35.1 Å². The van der Waals surface area contributed by atoms with Crippen molar-refractivity contribution in [1.82, 2.24) is 5.32 Å². The fourth-order valence-electron chi connectivity index (χ4n) is 1.94. The number of aromatic hydroxyl groups is 1. The van der Waals surface area contributed by atoms with Gasteiger partial charge in [-0.1, -0.05) is 35.8 Å². The third-order valence-electron chi connectivity index (χ3n) is 3.01. The molecule has 5 heteroatoms. The van der Waals surface area contributed by atoms with Crippen LogP contribution in [-0.4, -0.2) is 11.0 Å². The van der Waals surface area contributed by atoms with Gasteiger partial charge in [0.15, 0.2) is 0 Å². The monoisotopic (exact) mass is 353 g/mol. The zero-order valence-electron chi connectivity index (χ0n) is 11.3. The Morgan fingerprint density at radius 3 is 2.70 bits per heavy atom. The van der Waals surface area contributed by atoms with Crippen molar-refractivity contribution in [3.05, 3.63) is 50.6 Å². The minimum Gasteiger partial charge on any atom is -0.507 e. The molecule has 2 N–H and O–H groups in total. The summed E-state index contributed by atoms with van der Waals surface area (Å²) in [4.78, 5) is 13.5. The van der Waals surface area contributed by atoms with Gasteiger partial charge in [0, 0.05) is 9.35 Å². The Balaban J connectivity index is 2.23. The van der Waals surface area contributed by atoms with E-state index in [0.717, 1.165) is 9.35 Å². The molecule has 0 radical (unpaired) electrons. The third kappa shape index (κ3) is 3.41. The van der Waals surface area contributed by atoms with E-state index in [9.17, 15) is 9.90 Å². The van der Waals surface area contributed by atoms with Crippen LogP contribution in [0.15, 0.2) is 40.2 Å². The Bertz CT molecular complexity index is 596. The molecule has 2 rings (SSSR count). The van der Waals surface area contributed by atoms with Crippen molar-refractivity contribution >= 4 is 33.2 Å². The van der Waals surface area contributed by atoms with Crippen molar-refractivity contribution in [2.75, 3.05) is 0 Å². The molecule has 0 aliphatic carbocycles. The van der Waals surface area contributed by atoms with Gasteiger partial charge in [-0.2, -0.15) is 0 Å². The fourth-order valence-corrected chi connectivity index (χ4v) is 3.25. The van der Waals surface area contributed by atoms with E-state index >= 15 is 0 Å². The zero-order chi connectivity index (χ0) is 14.7. The molecule has 0 bridgehead atoms. The molecule has 1 unspecified atom stereocenters. The van der Waals surface area contributed by atoms with Gasteiger partial charge in [0.05, 0.1) is 11.6 Å². The summed E-state index contributed by atoms with van der Waals surface area (Å²) < 4.78 is 0.762. The highest BCUT2D eigenvalue weighted by atomic mass is 79.9. The van der Waals surface area contributed by atoms with Crippen LogP contribution in [0.2, 0.25) is 0 Å². The lowest BCUT2D eigenvalue weighted by Gasteiger charge is -2.21. The van der Waals surface area contributed by atoms with Crippen LogP contribution in [0.4, 0.5) is 0 Å². The molecular weight excluding hydrogens is 338 g/mol. The molecule has 0 saturated carbocycles. The number of phenols is 1. The second-order valence-corrected chi connectivity index (χ2v) is 6.77. The number of benzene rings is 1. The molecule has 106 valence electrons. The number of phenolic OH excluding ortho intramolecular Hbond substituents is 1. The molecular formula is C15H16BrNO2S. The van der Waals surface area contributed by atoms with E-state index in [4.69, 9.17) is 0 Å². The normalized spacial score (nSPS) is 12.4. The minimum absolute atomic E-state index is 0.0145. The van der Waals surface area contributed by atoms with Gasteiger partial charge in [-0.05, 0) is 35.6 Å². The van der Waals surface area contributed by atoms with Crippen molar-refractivity contribution in [3.8, 4) is 5.75 Å². The van der Waals surface area contributed by atoms with E-state index in [1.807, 2.05) is 17.5 Å². The number of hydrogen-bond donors (Lipinski definition) is 2. The summed E-state index contributed by atoms with van der Waals surface area (Å²) >= 11 is 4.93. The highest BCUT2D eigenvalue weighted by Gasteiger charge is 2.21. The Kier molecular flexibility index (Phi) is 4.83. The number of carbonyl (C=O) groups is 1. The number of nitrogens with one attached hydrogen (secondary N) is 1. The number of rotatable bonds is 4. The minimum atomic E-state index is -0.268. The summed E-state index contributed by atoms with van der Waals surface area (Å²) in [6.45, 7) is 4.12. The number of carbonyl (C=O) groups excluding carboxylic acids is 1. The molecule has 1 amide bonds. The van der Waals surface area contributed by atoms with Gasteiger partial charge in [-0.3, -0.25) is 4.79 Å². The number of halogens is 1. The average Bonchev–Trinajstić information content (AvgIpc) is 2.91. The molecule has 1 atom stereocenters. The van der Waals surface area contributed by atoms with Crippen LogP contribution < -0.4 is 5.32 Å². The molecule has 0 spiro atoms. The predicted octanol–water partition coefficient (Wildman–Crippen LogP) is 4.34. The molecule has 0 saturated heterocycles. The van der Waals surface area contributed by atoms with Gasteiger partial charge in [0.25, 0.3) is 5.91 Å². The average molecular weight is 354 g/mol. The van der Waals surface area contributed by atoms with Gasteiger partial charge >= 0.3 is 0 Å². The molecule has 1 aromatic heterocycles. The topological polar surface area (TPSA) is 49.3 Å². The predicted molar refractivity (Wildman–Crippen MR) is 85.2 cm³/mol. The number of thiophene rings is 1. The molecule has 2 aromatic rings. The van der Waals surface area contributed by atoms with Crippen molar-refractivity contribution < 1.29 is 9.90 Å². The lowest BCUT2D eigenvalue weighted by atomic mass is 10.0. The Labute approximate surface area is 130 Å². The van der Waals surface area contributed by atoms with E-state index in [0.29, 0.717) is 0 Å². The van der Waals surface area contributed by atoms with Crippen molar-refractivity contribution in [1.29, 1.82) is 0 Å². The largest absolute Gasteiger partial charge is 0.507 e. The van der Waals surface area contributed by atoms with E-state index in [-0.39, 0.29) is 29.2 Å². The molecule has 1 heterocycles. The number of hydrogen-bond acceptors (Lipinski definition) is 3. The standard InChI is InChI=1S/C15H16BrNO2S/c1-9(2)14(13-4-3-7-20-13)17-15(19)11-8-10(16)5-6-12(11)18/h3-9,14,18H,1-2H3,(H,17,19). The van der Waals surface area contributed by atoms with Crippen LogP contribution in [0.5, 0.6) is 5.75 Å². The second-order valence-electron chi connectivity index (χ2n) is 4.87. The summed E-state index contributed by atoms with van der Waals surface area (Å²) in [6.07, 6.45) is 0. The van der Waals surface area contributed by atoms with Crippen LogP contribution >= 0.6 is 27.3 Å². The van der Waals surface area contributed by atoms with Crippen LogP contribution in [0, 0.1) is 5.92 Å². The summed E-state index contributed by atoms with van der Waals surface area (Å²) in [5, 5.41) is 14.8. The first kappa shape index (κ1) is 15.1. The number of amides is 1. The Hall–Kier alpha value is -1.33. The molecule has 1 aromatic carbocycles. The first-order valence-corrected chi connectivity index (χ1v) is 7.99. The smallest absolute Gasteiger partial charge is 0.255 e. The molecule has 20 heavy (non-hydrogen) atoms. The Morgan fingerprint density at radius 2 is 2.10 bits per heavy atom. The lowest BCUT2D eigenvalue weighted by Crippen LogP contribution is -2.31. The van der Waals surface area contributed by atoms with Gasteiger partial charge < -0.3 is 10.4 Å². The molecule has 3 nitrogen and oxygen atoms in total. The first-order chi connectivity index (χ1) is 9.49.